The van der Waals surface area contributed by atoms with Crippen LogP contribution in [0.1, 0.15) is 24.5 Å². The summed E-state index contributed by atoms with van der Waals surface area (Å²) in [6.45, 7) is 7.45. The minimum Gasteiger partial charge on any atom is -0.492 e. The Morgan fingerprint density at radius 3 is 2.71 bits per heavy atom. The Balaban J connectivity index is 1.27. The van der Waals surface area contributed by atoms with Crippen LogP contribution in [0.3, 0.4) is 0 Å². The van der Waals surface area contributed by atoms with Gasteiger partial charge < -0.3 is 20.7 Å². The molecule has 2 aromatic carbocycles. The van der Waals surface area contributed by atoms with E-state index in [-0.39, 0.29) is 30.5 Å². The number of carbonyl (C=O) groups is 1. The minimum absolute atomic E-state index is 0.167. The second kappa shape index (κ2) is 11.5. The molecule has 8 heteroatoms. The molecule has 35 heavy (non-hydrogen) atoms. The van der Waals surface area contributed by atoms with Crippen molar-refractivity contribution in [2.24, 2.45) is 0 Å². The second-order valence-electron chi connectivity index (χ2n) is 9.16. The van der Waals surface area contributed by atoms with Crippen molar-refractivity contribution in [2.45, 2.75) is 25.4 Å². The van der Waals surface area contributed by atoms with Gasteiger partial charge in [0.05, 0.1) is 12.0 Å². The summed E-state index contributed by atoms with van der Waals surface area (Å²) in [5.41, 5.74) is 1.23. The van der Waals surface area contributed by atoms with Crippen LogP contribution in [0.15, 0.2) is 60.8 Å². The Bertz CT molecular complexity index is 1100. The van der Waals surface area contributed by atoms with Gasteiger partial charge >= 0.3 is 0 Å². The van der Waals surface area contributed by atoms with Gasteiger partial charge in [-0.1, -0.05) is 24.3 Å². The SMILES string of the molecule is CC1(CC(=O)NCc2cccc(F)c2)C=CC(c2ccc(OCCN3CCNCC3)cc2F)=CN1. The van der Waals surface area contributed by atoms with Crippen LogP contribution in [-0.4, -0.2) is 55.7 Å². The van der Waals surface area contributed by atoms with Crippen molar-refractivity contribution in [1.82, 2.24) is 20.9 Å². The van der Waals surface area contributed by atoms with E-state index in [1.54, 1.807) is 30.5 Å². The quantitative estimate of drug-likeness (QED) is 0.512. The number of halogens is 2. The average Bonchev–Trinajstić information content (AvgIpc) is 2.84. The number of allylic oxidation sites excluding steroid dienone is 2. The lowest BCUT2D eigenvalue weighted by Crippen LogP contribution is -2.44. The number of nitrogens with zero attached hydrogens (tertiary/aromatic N) is 1. The van der Waals surface area contributed by atoms with Gasteiger partial charge in [-0.05, 0) is 36.8 Å². The van der Waals surface area contributed by atoms with Crippen molar-refractivity contribution in [1.29, 1.82) is 0 Å². The molecule has 186 valence electrons. The van der Waals surface area contributed by atoms with Crippen LogP contribution >= 0.6 is 0 Å². The summed E-state index contributed by atoms with van der Waals surface area (Å²) in [5.74, 6) is -0.354. The summed E-state index contributed by atoms with van der Waals surface area (Å²) in [4.78, 5) is 14.7. The third kappa shape index (κ3) is 7.13. The van der Waals surface area contributed by atoms with E-state index < -0.39 is 5.54 Å². The number of nitrogens with one attached hydrogen (secondary N) is 3. The Labute approximate surface area is 205 Å². The normalized spacial score (nSPS) is 20.1. The topological polar surface area (TPSA) is 65.6 Å². The molecule has 1 atom stereocenters. The van der Waals surface area contributed by atoms with E-state index in [1.807, 2.05) is 19.1 Å². The van der Waals surface area contributed by atoms with Crippen LogP contribution in [0.5, 0.6) is 5.75 Å². The van der Waals surface area contributed by atoms with Crippen LogP contribution in [-0.2, 0) is 11.3 Å². The second-order valence-corrected chi connectivity index (χ2v) is 9.16. The molecule has 2 aliphatic heterocycles. The highest BCUT2D eigenvalue weighted by Gasteiger charge is 2.26. The molecule has 0 aromatic heterocycles. The number of carbonyl (C=O) groups excluding carboxylic acids is 1. The average molecular weight is 483 g/mol. The maximum Gasteiger partial charge on any atom is 0.222 e. The Morgan fingerprint density at radius 2 is 2.00 bits per heavy atom. The smallest absolute Gasteiger partial charge is 0.222 e. The lowest BCUT2D eigenvalue weighted by atomic mass is 9.91. The number of amides is 1. The van der Waals surface area contributed by atoms with Gasteiger partial charge in [0.2, 0.25) is 5.91 Å². The summed E-state index contributed by atoms with van der Waals surface area (Å²) in [5, 5.41) is 9.35. The van der Waals surface area contributed by atoms with Gasteiger partial charge in [0.25, 0.3) is 0 Å². The fraction of sp³-hybridized carbons (Fsp3) is 0.370. The summed E-state index contributed by atoms with van der Waals surface area (Å²) in [7, 11) is 0. The molecule has 6 nitrogen and oxygen atoms in total. The highest BCUT2D eigenvalue weighted by Crippen LogP contribution is 2.28. The molecule has 1 unspecified atom stereocenters. The van der Waals surface area contributed by atoms with E-state index in [4.69, 9.17) is 4.74 Å². The molecule has 1 amide bonds. The largest absolute Gasteiger partial charge is 0.492 e. The van der Waals surface area contributed by atoms with Gasteiger partial charge in [-0.3, -0.25) is 9.69 Å². The molecule has 0 bridgehead atoms. The molecule has 0 saturated carbocycles. The fourth-order valence-corrected chi connectivity index (χ4v) is 4.18. The molecule has 2 heterocycles. The summed E-state index contributed by atoms with van der Waals surface area (Å²) in [6, 6.07) is 11.0. The van der Waals surface area contributed by atoms with Crippen LogP contribution < -0.4 is 20.7 Å². The molecule has 1 fully saturated rings. The van der Waals surface area contributed by atoms with Crippen molar-refractivity contribution in [3.63, 3.8) is 0 Å². The van der Waals surface area contributed by atoms with Gasteiger partial charge in [-0.2, -0.15) is 0 Å². The number of rotatable bonds is 9. The first-order chi connectivity index (χ1) is 16.9. The lowest BCUT2D eigenvalue weighted by molar-refractivity contribution is -0.122. The Morgan fingerprint density at radius 1 is 1.17 bits per heavy atom. The number of benzene rings is 2. The zero-order valence-electron chi connectivity index (χ0n) is 19.9. The maximum absolute atomic E-state index is 14.8. The first-order valence-corrected chi connectivity index (χ1v) is 11.9. The third-order valence-corrected chi connectivity index (χ3v) is 6.23. The Hall–Kier alpha value is -3.23. The van der Waals surface area contributed by atoms with Crippen molar-refractivity contribution in [3.8, 4) is 5.75 Å². The van der Waals surface area contributed by atoms with E-state index in [0.717, 1.165) is 32.7 Å². The van der Waals surface area contributed by atoms with E-state index >= 15 is 0 Å². The molecular weight excluding hydrogens is 450 g/mol. The van der Waals surface area contributed by atoms with Gasteiger partial charge in [0.1, 0.15) is 24.0 Å². The molecule has 2 aromatic rings. The van der Waals surface area contributed by atoms with E-state index in [0.29, 0.717) is 29.1 Å². The highest BCUT2D eigenvalue weighted by atomic mass is 19.1. The standard InChI is InChI=1S/C27H32F2N4O2/c1-27(17-26(34)31-18-20-3-2-4-22(28)15-20)8-7-21(19-32-27)24-6-5-23(16-25(24)29)35-14-13-33-11-9-30-10-12-33/h2-8,15-16,19,30,32H,9-14,17-18H2,1H3,(H,31,34). The van der Waals surface area contributed by atoms with Crippen LogP contribution in [0.4, 0.5) is 8.78 Å². The monoisotopic (exact) mass is 482 g/mol. The summed E-state index contributed by atoms with van der Waals surface area (Å²) < 4.78 is 33.9. The van der Waals surface area contributed by atoms with E-state index in [9.17, 15) is 13.6 Å². The van der Waals surface area contributed by atoms with Gasteiger partial charge in [0, 0.05) is 62.7 Å². The van der Waals surface area contributed by atoms with Crippen molar-refractivity contribution in [3.05, 3.63) is 83.6 Å². The lowest BCUT2D eigenvalue weighted by Gasteiger charge is -2.30. The Kier molecular flexibility index (Phi) is 8.15. The molecular formula is C27H32F2N4O2. The van der Waals surface area contributed by atoms with Crippen molar-refractivity contribution in [2.75, 3.05) is 39.3 Å². The number of dihydropyridines is 1. The molecule has 0 spiro atoms. The maximum atomic E-state index is 14.8. The molecule has 0 radical (unpaired) electrons. The first kappa shape index (κ1) is 24.9. The van der Waals surface area contributed by atoms with Crippen LogP contribution in [0.25, 0.3) is 5.57 Å². The number of hydrogen-bond donors (Lipinski definition) is 3. The summed E-state index contributed by atoms with van der Waals surface area (Å²) >= 11 is 0. The molecule has 2 aliphatic rings. The van der Waals surface area contributed by atoms with E-state index in [2.05, 4.69) is 20.9 Å². The van der Waals surface area contributed by atoms with Crippen LogP contribution in [0, 0.1) is 11.6 Å². The fourth-order valence-electron chi connectivity index (χ4n) is 4.18. The van der Waals surface area contributed by atoms with Crippen LogP contribution in [0.2, 0.25) is 0 Å². The predicted octanol–water partition coefficient (Wildman–Crippen LogP) is 3.21. The first-order valence-electron chi connectivity index (χ1n) is 11.9. The zero-order chi connectivity index (χ0) is 24.7. The predicted molar refractivity (Wildman–Crippen MR) is 133 cm³/mol. The van der Waals surface area contributed by atoms with Crippen molar-refractivity contribution >= 4 is 11.5 Å². The highest BCUT2D eigenvalue weighted by molar-refractivity contribution is 5.80. The van der Waals surface area contributed by atoms with Gasteiger partial charge in [0.15, 0.2) is 0 Å². The third-order valence-electron chi connectivity index (χ3n) is 6.23. The molecule has 3 N–H and O–H groups in total. The number of piperazine rings is 1. The molecule has 1 saturated heterocycles. The minimum atomic E-state index is -0.612. The van der Waals surface area contributed by atoms with E-state index in [1.165, 1.54) is 18.2 Å². The molecule has 0 aliphatic carbocycles. The number of hydrogen-bond acceptors (Lipinski definition) is 5. The zero-order valence-corrected chi connectivity index (χ0v) is 19.9. The number of ether oxygens (including phenoxy) is 1. The van der Waals surface area contributed by atoms with Crippen molar-refractivity contribution < 1.29 is 18.3 Å². The van der Waals surface area contributed by atoms with Gasteiger partial charge in [-0.15, -0.1) is 0 Å². The molecule has 4 rings (SSSR count). The summed E-state index contributed by atoms with van der Waals surface area (Å²) in [6.07, 6.45) is 5.59. The van der Waals surface area contributed by atoms with Gasteiger partial charge in [-0.25, -0.2) is 8.78 Å².